The molecule has 0 N–H and O–H groups in total. The largest absolute Gasteiger partial charge is 0.493 e. The quantitative estimate of drug-likeness (QED) is 0.578. The molecule has 0 saturated carbocycles. The molecular formula is C24H31FN2O4. The van der Waals surface area contributed by atoms with Crippen molar-refractivity contribution in [1.29, 1.82) is 0 Å². The van der Waals surface area contributed by atoms with Crippen molar-refractivity contribution in [1.82, 2.24) is 9.80 Å². The van der Waals surface area contributed by atoms with Gasteiger partial charge in [-0.05, 0) is 54.8 Å². The fraction of sp³-hybridized carbons (Fsp3) is 0.458. The van der Waals surface area contributed by atoms with Gasteiger partial charge in [0, 0.05) is 39.1 Å². The zero-order valence-corrected chi connectivity index (χ0v) is 18.3. The Hall–Kier alpha value is -2.80. The summed E-state index contributed by atoms with van der Waals surface area (Å²) in [6, 6.07) is 11.9. The molecule has 6 nitrogen and oxygen atoms in total. The van der Waals surface area contributed by atoms with Crippen LogP contribution in [0.2, 0.25) is 0 Å². The summed E-state index contributed by atoms with van der Waals surface area (Å²) in [5.74, 6) is 2.04. The van der Waals surface area contributed by atoms with Crippen molar-refractivity contribution in [2.24, 2.45) is 0 Å². The molecule has 168 valence electrons. The molecule has 1 aliphatic heterocycles. The minimum absolute atomic E-state index is 0.211. The van der Waals surface area contributed by atoms with Crippen molar-refractivity contribution >= 4 is 5.91 Å². The maximum Gasteiger partial charge on any atom is 0.222 e. The van der Waals surface area contributed by atoms with Gasteiger partial charge in [-0.2, -0.15) is 0 Å². The van der Waals surface area contributed by atoms with Gasteiger partial charge in [0.15, 0.2) is 11.5 Å². The number of piperazine rings is 1. The fourth-order valence-corrected chi connectivity index (χ4v) is 3.68. The molecule has 0 unspecified atom stereocenters. The van der Waals surface area contributed by atoms with E-state index in [1.54, 1.807) is 26.4 Å². The highest BCUT2D eigenvalue weighted by Gasteiger charge is 2.20. The highest BCUT2D eigenvalue weighted by molar-refractivity contribution is 5.76. The molecule has 3 rings (SSSR count). The summed E-state index contributed by atoms with van der Waals surface area (Å²) in [5, 5.41) is 0. The average molecular weight is 431 g/mol. The first kappa shape index (κ1) is 22.9. The molecule has 1 amide bonds. The van der Waals surface area contributed by atoms with Gasteiger partial charge in [0.1, 0.15) is 18.2 Å². The molecule has 1 aliphatic rings. The third kappa shape index (κ3) is 6.85. The van der Waals surface area contributed by atoms with Gasteiger partial charge >= 0.3 is 0 Å². The first-order valence-electron chi connectivity index (χ1n) is 10.7. The Kier molecular flexibility index (Phi) is 8.53. The number of aryl methyl sites for hydroxylation is 1. The van der Waals surface area contributed by atoms with Crippen LogP contribution in [0.15, 0.2) is 42.5 Å². The highest BCUT2D eigenvalue weighted by Crippen LogP contribution is 2.28. The number of hydrogen-bond donors (Lipinski definition) is 0. The molecule has 0 aliphatic carbocycles. The third-order valence-electron chi connectivity index (χ3n) is 5.52. The second-order valence-corrected chi connectivity index (χ2v) is 7.57. The number of rotatable bonds is 10. The van der Waals surface area contributed by atoms with Crippen molar-refractivity contribution in [2.75, 3.05) is 53.6 Å². The zero-order chi connectivity index (χ0) is 22.1. The lowest BCUT2D eigenvalue weighted by atomic mass is 10.1. The molecule has 0 radical (unpaired) electrons. The maximum absolute atomic E-state index is 12.9. The normalized spacial score (nSPS) is 14.4. The molecule has 2 aromatic rings. The summed E-state index contributed by atoms with van der Waals surface area (Å²) in [6.45, 7) is 4.50. The minimum atomic E-state index is -0.267. The van der Waals surface area contributed by atoms with Gasteiger partial charge in [-0.15, -0.1) is 0 Å². The molecule has 7 heteroatoms. The Balaban J connectivity index is 1.33. The predicted octanol–water partition coefficient (Wildman–Crippen LogP) is 3.39. The van der Waals surface area contributed by atoms with Gasteiger partial charge in [-0.25, -0.2) is 4.39 Å². The number of ether oxygens (including phenoxy) is 3. The second-order valence-electron chi connectivity index (χ2n) is 7.57. The Bertz CT molecular complexity index is 836. The van der Waals surface area contributed by atoms with E-state index < -0.39 is 0 Å². The van der Waals surface area contributed by atoms with E-state index in [2.05, 4.69) is 4.90 Å². The fourth-order valence-electron chi connectivity index (χ4n) is 3.68. The molecule has 31 heavy (non-hydrogen) atoms. The number of hydrogen-bond acceptors (Lipinski definition) is 5. The van der Waals surface area contributed by atoms with Gasteiger partial charge in [0.05, 0.1) is 14.2 Å². The molecule has 0 bridgehead atoms. The summed E-state index contributed by atoms with van der Waals surface area (Å²) in [5.41, 5.74) is 1.14. The van der Waals surface area contributed by atoms with Crippen molar-refractivity contribution < 1.29 is 23.4 Å². The Morgan fingerprint density at radius 3 is 2.35 bits per heavy atom. The minimum Gasteiger partial charge on any atom is -0.493 e. The highest BCUT2D eigenvalue weighted by atomic mass is 19.1. The summed E-state index contributed by atoms with van der Waals surface area (Å²) < 4.78 is 29.2. The molecule has 1 heterocycles. The number of carbonyl (C=O) groups excluding carboxylic acids is 1. The van der Waals surface area contributed by atoms with E-state index in [9.17, 15) is 9.18 Å². The molecule has 0 spiro atoms. The van der Waals surface area contributed by atoms with Crippen LogP contribution in [0.1, 0.15) is 18.4 Å². The van der Waals surface area contributed by atoms with E-state index in [0.29, 0.717) is 30.3 Å². The molecular weight excluding hydrogens is 399 g/mol. The van der Waals surface area contributed by atoms with E-state index in [0.717, 1.165) is 51.1 Å². The number of halogens is 1. The summed E-state index contributed by atoms with van der Waals surface area (Å²) in [4.78, 5) is 16.8. The van der Waals surface area contributed by atoms with Gasteiger partial charge in [0.25, 0.3) is 0 Å². The van der Waals surface area contributed by atoms with Crippen molar-refractivity contribution in [3.63, 3.8) is 0 Å². The van der Waals surface area contributed by atoms with Gasteiger partial charge in [-0.3, -0.25) is 9.69 Å². The van der Waals surface area contributed by atoms with E-state index in [4.69, 9.17) is 14.2 Å². The molecule has 0 atom stereocenters. The standard InChI is InChI=1S/C24H31FN2O4/c1-29-22-11-6-19(18-23(22)30-2)4-3-5-24(28)27-14-12-26(13-15-27)16-17-31-21-9-7-20(25)8-10-21/h6-11,18H,3-5,12-17H2,1-2H3. The van der Waals surface area contributed by atoms with E-state index in [-0.39, 0.29) is 11.7 Å². The Labute approximate surface area is 183 Å². The summed E-state index contributed by atoms with van der Waals surface area (Å²) >= 11 is 0. The molecule has 0 aromatic heterocycles. The van der Waals surface area contributed by atoms with Crippen molar-refractivity contribution in [2.45, 2.75) is 19.3 Å². The van der Waals surface area contributed by atoms with Crippen LogP contribution >= 0.6 is 0 Å². The van der Waals surface area contributed by atoms with Crippen LogP contribution in [0, 0.1) is 5.82 Å². The van der Waals surface area contributed by atoms with Gasteiger partial charge in [0.2, 0.25) is 5.91 Å². The first-order chi connectivity index (χ1) is 15.1. The van der Waals surface area contributed by atoms with Crippen LogP contribution in [-0.2, 0) is 11.2 Å². The molecule has 1 saturated heterocycles. The topological polar surface area (TPSA) is 51.2 Å². The second kappa shape index (κ2) is 11.6. The summed E-state index contributed by atoms with van der Waals surface area (Å²) in [6.07, 6.45) is 2.18. The first-order valence-corrected chi connectivity index (χ1v) is 10.7. The van der Waals surface area contributed by atoms with Crippen LogP contribution < -0.4 is 14.2 Å². The average Bonchev–Trinajstić information content (AvgIpc) is 2.80. The van der Waals surface area contributed by atoms with E-state index in [1.165, 1.54) is 12.1 Å². The lowest BCUT2D eigenvalue weighted by Crippen LogP contribution is -2.49. The maximum atomic E-state index is 12.9. The van der Waals surface area contributed by atoms with Crippen LogP contribution in [0.3, 0.4) is 0 Å². The van der Waals surface area contributed by atoms with Crippen LogP contribution in [0.5, 0.6) is 17.2 Å². The number of methoxy groups -OCH3 is 2. The number of benzene rings is 2. The molecule has 2 aromatic carbocycles. The number of amides is 1. The Morgan fingerprint density at radius 1 is 0.968 bits per heavy atom. The third-order valence-corrected chi connectivity index (χ3v) is 5.52. The molecule has 1 fully saturated rings. The van der Waals surface area contributed by atoms with Crippen LogP contribution in [0.4, 0.5) is 4.39 Å². The van der Waals surface area contributed by atoms with Gasteiger partial charge < -0.3 is 19.1 Å². The predicted molar refractivity (Wildman–Crippen MR) is 117 cm³/mol. The SMILES string of the molecule is COc1ccc(CCCC(=O)N2CCN(CCOc3ccc(F)cc3)CC2)cc1OC. The lowest BCUT2D eigenvalue weighted by Gasteiger charge is -2.34. The van der Waals surface area contributed by atoms with E-state index in [1.807, 2.05) is 23.1 Å². The number of carbonyl (C=O) groups is 1. The van der Waals surface area contributed by atoms with E-state index >= 15 is 0 Å². The van der Waals surface area contributed by atoms with Crippen LogP contribution in [-0.4, -0.2) is 69.3 Å². The number of nitrogens with zero attached hydrogens (tertiary/aromatic N) is 2. The lowest BCUT2D eigenvalue weighted by molar-refractivity contribution is -0.133. The Morgan fingerprint density at radius 2 is 1.68 bits per heavy atom. The zero-order valence-electron chi connectivity index (χ0n) is 18.3. The smallest absolute Gasteiger partial charge is 0.222 e. The van der Waals surface area contributed by atoms with Crippen molar-refractivity contribution in [3.8, 4) is 17.2 Å². The van der Waals surface area contributed by atoms with Crippen LogP contribution in [0.25, 0.3) is 0 Å². The van der Waals surface area contributed by atoms with Gasteiger partial charge in [-0.1, -0.05) is 6.07 Å². The van der Waals surface area contributed by atoms with Crippen molar-refractivity contribution in [3.05, 3.63) is 53.8 Å². The monoisotopic (exact) mass is 430 g/mol. The summed E-state index contributed by atoms with van der Waals surface area (Å²) in [7, 11) is 3.24.